The summed E-state index contributed by atoms with van der Waals surface area (Å²) in [7, 11) is 1.71. The normalized spacial score (nSPS) is 10.8. The van der Waals surface area contributed by atoms with E-state index in [1.54, 1.807) is 18.4 Å². The second kappa shape index (κ2) is 8.12. The molecule has 0 spiro atoms. The van der Waals surface area contributed by atoms with Crippen molar-refractivity contribution in [2.24, 2.45) is 0 Å². The van der Waals surface area contributed by atoms with Gasteiger partial charge in [0.2, 0.25) is 0 Å². The monoisotopic (exact) mass is 306 g/mol. The number of ether oxygens (including phenoxy) is 2. The summed E-state index contributed by atoms with van der Waals surface area (Å²) in [6.07, 6.45) is 0. The van der Waals surface area contributed by atoms with Crippen molar-refractivity contribution in [1.82, 2.24) is 10.3 Å². The second-order valence-electron chi connectivity index (χ2n) is 4.65. The fourth-order valence-corrected chi connectivity index (χ4v) is 2.99. The van der Waals surface area contributed by atoms with E-state index in [9.17, 15) is 0 Å². The molecule has 0 aliphatic carbocycles. The zero-order valence-electron chi connectivity index (χ0n) is 12.8. The number of aryl methyl sites for hydroxylation is 1. The van der Waals surface area contributed by atoms with E-state index in [0.717, 1.165) is 41.7 Å². The van der Waals surface area contributed by atoms with E-state index in [2.05, 4.69) is 29.4 Å². The zero-order valence-corrected chi connectivity index (χ0v) is 13.6. The molecule has 1 aromatic heterocycles. The number of benzene rings is 1. The van der Waals surface area contributed by atoms with Crippen LogP contribution in [0, 0.1) is 6.92 Å². The van der Waals surface area contributed by atoms with E-state index >= 15 is 0 Å². The van der Waals surface area contributed by atoms with Gasteiger partial charge in [0, 0.05) is 30.6 Å². The molecule has 2 rings (SSSR count). The molecule has 114 valence electrons. The van der Waals surface area contributed by atoms with Crippen molar-refractivity contribution >= 4 is 11.3 Å². The molecule has 0 radical (unpaired) electrons. The van der Waals surface area contributed by atoms with Crippen LogP contribution in [-0.4, -0.2) is 31.9 Å². The van der Waals surface area contributed by atoms with Crippen LogP contribution < -0.4 is 10.1 Å². The highest BCUT2D eigenvalue weighted by molar-refractivity contribution is 7.15. The Labute approximate surface area is 130 Å². The molecular weight excluding hydrogens is 284 g/mol. The van der Waals surface area contributed by atoms with Crippen LogP contribution in [0.2, 0.25) is 0 Å². The first kappa shape index (κ1) is 15.9. The minimum atomic E-state index is 0.687. The summed E-state index contributed by atoms with van der Waals surface area (Å²) in [5.74, 6) is 0.899. The van der Waals surface area contributed by atoms with Crippen molar-refractivity contribution in [2.75, 3.05) is 26.9 Å². The van der Waals surface area contributed by atoms with Gasteiger partial charge in [-0.05, 0) is 38.1 Å². The van der Waals surface area contributed by atoms with Crippen LogP contribution in [0.4, 0.5) is 0 Å². The van der Waals surface area contributed by atoms with Gasteiger partial charge in [-0.15, -0.1) is 11.3 Å². The van der Waals surface area contributed by atoms with Gasteiger partial charge in [-0.25, -0.2) is 4.98 Å². The van der Waals surface area contributed by atoms with Crippen LogP contribution in [0.5, 0.6) is 5.75 Å². The van der Waals surface area contributed by atoms with E-state index in [1.807, 2.05) is 19.1 Å². The Hall–Kier alpha value is -1.43. The molecular formula is C16H22N2O2S. The highest BCUT2D eigenvalue weighted by atomic mass is 32.1. The number of hydrogen-bond donors (Lipinski definition) is 1. The van der Waals surface area contributed by atoms with E-state index in [4.69, 9.17) is 9.47 Å². The average molecular weight is 306 g/mol. The van der Waals surface area contributed by atoms with Crippen LogP contribution in [0.1, 0.15) is 17.5 Å². The Morgan fingerprint density at radius 2 is 2.00 bits per heavy atom. The molecule has 0 saturated carbocycles. The predicted octanol–water partition coefficient (Wildman–Crippen LogP) is 3.25. The molecule has 1 heterocycles. The number of nitrogens with zero attached hydrogens (tertiary/aromatic N) is 1. The van der Waals surface area contributed by atoms with Gasteiger partial charge in [0.05, 0.1) is 18.9 Å². The van der Waals surface area contributed by atoms with Crippen LogP contribution >= 0.6 is 11.3 Å². The number of methoxy groups -OCH3 is 1. The first-order chi connectivity index (χ1) is 10.2. The van der Waals surface area contributed by atoms with Crippen molar-refractivity contribution in [3.8, 4) is 16.3 Å². The number of nitrogens with one attached hydrogen (secondary N) is 1. The molecule has 5 heteroatoms. The summed E-state index contributed by atoms with van der Waals surface area (Å²) >= 11 is 1.73. The molecule has 0 saturated heterocycles. The van der Waals surface area contributed by atoms with Crippen LogP contribution in [-0.2, 0) is 11.3 Å². The minimum Gasteiger partial charge on any atom is -0.494 e. The Bertz CT molecular complexity index is 552. The lowest BCUT2D eigenvalue weighted by atomic mass is 10.2. The molecule has 1 N–H and O–H groups in total. The van der Waals surface area contributed by atoms with Gasteiger partial charge in [-0.1, -0.05) is 0 Å². The first-order valence-corrected chi connectivity index (χ1v) is 7.95. The van der Waals surface area contributed by atoms with Crippen molar-refractivity contribution in [1.29, 1.82) is 0 Å². The standard InChI is InChI=1S/C16H22N2O2S/c1-4-20-14-7-5-13(6-8-14)16-18-12(2)15(21-16)11-17-9-10-19-3/h5-8,17H,4,9-11H2,1-3H3. The van der Waals surface area contributed by atoms with Gasteiger partial charge in [-0.3, -0.25) is 0 Å². The maximum absolute atomic E-state index is 5.46. The fourth-order valence-electron chi connectivity index (χ4n) is 1.95. The van der Waals surface area contributed by atoms with Crippen LogP contribution in [0.3, 0.4) is 0 Å². The van der Waals surface area contributed by atoms with Gasteiger partial charge in [0.1, 0.15) is 10.8 Å². The van der Waals surface area contributed by atoms with Gasteiger partial charge in [0.15, 0.2) is 0 Å². The van der Waals surface area contributed by atoms with Crippen molar-refractivity contribution in [3.63, 3.8) is 0 Å². The molecule has 0 aliphatic rings. The summed E-state index contributed by atoms with van der Waals surface area (Å²) < 4.78 is 10.5. The Morgan fingerprint density at radius 1 is 1.24 bits per heavy atom. The van der Waals surface area contributed by atoms with E-state index in [1.165, 1.54) is 4.88 Å². The van der Waals surface area contributed by atoms with Gasteiger partial charge < -0.3 is 14.8 Å². The second-order valence-corrected chi connectivity index (χ2v) is 5.74. The predicted molar refractivity (Wildman–Crippen MR) is 87.0 cm³/mol. The third kappa shape index (κ3) is 4.52. The average Bonchev–Trinajstić information content (AvgIpc) is 2.86. The van der Waals surface area contributed by atoms with Crippen LogP contribution in [0.15, 0.2) is 24.3 Å². The van der Waals surface area contributed by atoms with Gasteiger partial charge in [-0.2, -0.15) is 0 Å². The van der Waals surface area contributed by atoms with Crippen molar-refractivity contribution in [2.45, 2.75) is 20.4 Å². The number of aromatic nitrogens is 1. The lowest BCUT2D eigenvalue weighted by molar-refractivity contribution is 0.199. The molecule has 0 unspecified atom stereocenters. The van der Waals surface area contributed by atoms with E-state index in [0.29, 0.717) is 6.61 Å². The maximum atomic E-state index is 5.46. The molecule has 2 aromatic rings. The zero-order chi connectivity index (χ0) is 15.1. The lowest BCUT2D eigenvalue weighted by Gasteiger charge is -2.03. The van der Waals surface area contributed by atoms with Gasteiger partial charge >= 0.3 is 0 Å². The van der Waals surface area contributed by atoms with Crippen molar-refractivity contribution in [3.05, 3.63) is 34.8 Å². The Balaban J connectivity index is 2.03. The largest absolute Gasteiger partial charge is 0.494 e. The maximum Gasteiger partial charge on any atom is 0.123 e. The minimum absolute atomic E-state index is 0.687. The molecule has 0 fully saturated rings. The molecule has 0 aliphatic heterocycles. The van der Waals surface area contributed by atoms with Crippen molar-refractivity contribution < 1.29 is 9.47 Å². The molecule has 0 atom stereocenters. The summed E-state index contributed by atoms with van der Waals surface area (Å²) in [5.41, 5.74) is 2.23. The summed E-state index contributed by atoms with van der Waals surface area (Å²) in [6, 6.07) is 8.11. The molecule has 21 heavy (non-hydrogen) atoms. The first-order valence-electron chi connectivity index (χ1n) is 7.13. The summed E-state index contributed by atoms with van der Waals surface area (Å²) in [6.45, 7) is 7.15. The van der Waals surface area contributed by atoms with Crippen LogP contribution in [0.25, 0.3) is 10.6 Å². The smallest absolute Gasteiger partial charge is 0.123 e. The fraction of sp³-hybridized carbons (Fsp3) is 0.438. The topological polar surface area (TPSA) is 43.4 Å². The SMILES string of the molecule is CCOc1ccc(-c2nc(C)c(CNCCOC)s2)cc1. The van der Waals surface area contributed by atoms with E-state index in [-0.39, 0.29) is 0 Å². The number of thiazole rings is 1. The highest BCUT2D eigenvalue weighted by Gasteiger charge is 2.09. The number of rotatable bonds is 8. The third-order valence-corrected chi connectivity index (χ3v) is 4.28. The molecule has 4 nitrogen and oxygen atoms in total. The molecule has 1 aromatic carbocycles. The lowest BCUT2D eigenvalue weighted by Crippen LogP contribution is -2.18. The molecule has 0 bridgehead atoms. The van der Waals surface area contributed by atoms with Gasteiger partial charge in [0.25, 0.3) is 0 Å². The number of hydrogen-bond acceptors (Lipinski definition) is 5. The van der Waals surface area contributed by atoms with E-state index < -0.39 is 0 Å². The summed E-state index contributed by atoms with van der Waals surface area (Å²) in [4.78, 5) is 5.94. The quantitative estimate of drug-likeness (QED) is 0.760. The Kier molecular flexibility index (Phi) is 6.17. The molecule has 0 amide bonds. The Morgan fingerprint density at radius 3 is 2.67 bits per heavy atom. The third-order valence-electron chi connectivity index (χ3n) is 3.07. The highest BCUT2D eigenvalue weighted by Crippen LogP contribution is 2.29. The summed E-state index contributed by atoms with van der Waals surface area (Å²) in [5, 5.41) is 4.41.